The Balaban J connectivity index is 2.69. The van der Waals surface area contributed by atoms with Gasteiger partial charge in [-0.3, -0.25) is 4.79 Å². The smallest absolute Gasteiger partial charge is 0.223 e. The zero-order valence-corrected chi connectivity index (χ0v) is 14.3. The minimum atomic E-state index is -0.732. The molecule has 0 saturated heterocycles. The van der Waals surface area contributed by atoms with Crippen molar-refractivity contribution in [1.82, 2.24) is 5.32 Å². The molecule has 1 rings (SSSR count). The molecule has 0 spiro atoms. The number of ether oxygens (including phenoxy) is 1. The lowest BCUT2D eigenvalue weighted by atomic mass is 9.90. The number of nitrogens with one attached hydrogen (secondary N) is 1. The average Bonchev–Trinajstić information content (AvgIpc) is 2.51. The Labute approximate surface area is 133 Å². The van der Waals surface area contributed by atoms with Crippen LogP contribution in [0.2, 0.25) is 0 Å². The number of methoxy groups -OCH3 is 1. The van der Waals surface area contributed by atoms with Gasteiger partial charge in [0.25, 0.3) is 0 Å². The van der Waals surface area contributed by atoms with E-state index in [0.29, 0.717) is 5.92 Å². The average molecular weight is 307 g/mol. The zero-order chi connectivity index (χ0) is 16.7. The Hall–Kier alpha value is -1.55. The van der Waals surface area contributed by atoms with Gasteiger partial charge < -0.3 is 15.2 Å². The van der Waals surface area contributed by atoms with Crippen molar-refractivity contribution in [2.45, 2.75) is 52.7 Å². The molecule has 4 nitrogen and oxygen atoms in total. The Morgan fingerprint density at radius 2 is 1.82 bits per heavy atom. The van der Waals surface area contributed by atoms with E-state index < -0.39 is 6.10 Å². The number of benzene rings is 1. The minimum Gasteiger partial charge on any atom is -0.497 e. The van der Waals surface area contributed by atoms with Crippen molar-refractivity contribution < 1.29 is 14.6 Å². The van der Waals surface area contributed by atoms with Crippen LogP contribution in [-0.4, -0.2) is 24.2 Å². The van der Waals surface area contributed by atoms with Gasteiger partial charge in [-0.2, -0.15) is 0 Å². The third-order valence-corrected chi connectivity index (χ3v) is 4.04. The molecule has 124 valence electrons. The van der Waals surface area contributed by atoms with Crippen molar-refractivity contribution >= 4 is 5.91 Å². The number of amides is 1. The van der Waals surface area contributed by atoms with Crippen molar-refractivity contribution in [2.75, 3.05) is 7.11 Å². The van der Waals surface area contributed by atoms with Crippen LogP contribution in [0, 0.1) is 11.8 Å². The van der Waals surface area contributed by atoms with Gasteiger partial charge in [0.1, 0.15) is 5.75 Å². The van der Waals surface area contributed by atoms with Crippen LogP contribution in [0.15, 0.2) is 24.3 Å². The fraction of sp³-hybridized carbons (Fsp3) is 0.611. The fourth-order valence-electron chi connectivity index (χ4n) is 2.58. The predicted molar refractivity (Wildman–Crippen MR) is 88.8 cm³/mol. The first-order valence-corrected chi connectivity index (χ1v) is 8.03. The van der Waals surface area contributed by atoms with Crippen LogP contribution in [0.5, 0.6) is 5.75 Å². The highest BCUT2D eigenvalue weighted by Crippen LogP contribution is 2.22. The maximum Gasteiger partial charge on any atom is 0.223 e. The lowest BCUT2D eigenvalue weighted by Crippen LogP contribution is -2.42. The largest absolute Gasteiger partial charge is 0.497 e. The number of aliphatic hydroxyl groups is 1. The summed E-state index contributed by atoms with van der Waals surface area (Å²) < 4.78 is 5.11. The summed E-state index contributed by atoms with van der Waals surface area (Å²) in [7, 11) is 1.61. The Morgan fingerprint density at radius 1 is 1.23 bits per heavy atom. The van der Waals surface area contributed by atoms with Crippen LogP contribution in [-0.2, 0) is 4.79 Å². The molecule has 0 bridgehead atoms. The van der Waals surface area contributed by atoms with Crippen LogP contribution in [0.3, 0.4) is 0 Å². The van der Waals surface area contributed by atoms with Crippen molar-refractivity contribution in [1.29, 1.82) is 0 Å². The summed E-state index contributed by atoms with van der Waals surface area (Å²) in [5.41, 5.74) is 0.769. The van der Waals surface area contributed by atoms with Crippen LogP contribution in [0.25, 0.3) is 0 Å². The zero-order valence-electron chi connectivity index (χ0n) is 14.3. The quantitative estimate of drug-likeness (QED) is 0.774. The van der Waals surface area contributed by atoms with E-state index in [9.17, 15) is 9.90 Å². The summed E-state index contributed by atoms with van der Waals surface area (Å²) in [6.45, 7) is 8.03. The Kier molecular flexibility index (Phi) is 7.39. The van der Waals surface area contributed by atoms with Gasteiger partial charge >= 0.3 is 0 Å². The van der Waals surface area contributed by atoms with Gasteiger partial charge in [0.15, 0.2) is 0 Å². The number of aliphatic hydroxyl groups excluding tert-OH is 1. The molecule has 1 aromatic rings. The van der Waals surface area contributed by atoms with E-state index in [2.05, 4.69) is 26.1 Å². The number of hydrogen-bond acceptors (Lipinski definition) is 3. The van der Waals surface area contributed by atoms with E-state index >= 15 is 0 Å². The number of carbonyl (C=O) groups excluding carboxylic acids is 1. The molecule has 0 radical (unpaired) electrons. The van der Waals surface area contributed by atoms with Crippen molar-refractivity contribution in [3.8, 4) is 5.75 Å². The number of hydrogen-bond donors (Lipinski definition) is 2. The highest BCUT2D eigenvalue weighted by molar-refractivity contribution is 5.79. The van der Waals surface area contributed by atoms with Gasteiger partial charge in [-0.25, -0.2) is 0 Å². The van der Waals surface area contributed by atoms with Gasteiger partial charge in [-0.05, 0) is 37.0 Å². The minimum absolute atomic E-state index is 0.00415. The molecular formula is C18H29NO3. The molecule has 3 atom stereocenters. The summed E-state index contributed by atoms with van der Waals surface area (Å²) in [5, 5.41) is 13.3. The molecular weight excluding hydrogens is 278 g/mol. The summed E-state index contributed by atoms with van der Waals surface area (Å²) in [4.78, 5) is 12.4. The molecule has 1 amide bonds. The van der Waals surface area contributed by atoms with E-state index in [1.807, 2.05) is 19.1 Å². The van der Waals surface area contributed by atoms with E-state index in [1.165, 1.54) is 0 Å². The van der Waals surface area contributed by atoms with E-state index in [-0.39, 0.29) is 17.9 Å². The van der Waals surface area contributed by atoms with Crippen LogP contribution in [0.1, 0.15) is 52.2 Å². The number of rotatable bonds is 8. The molecule has 4 heteroatoms. The monoisotopic (exact) mass is 307 g/mol. The molecule has 22 heavy (non-hydrogen) atoms. The van der Waals surface area contributed by atoms with Crippen LogP contribution < -0.4 is 10.1 Å². The third kappa shape index (κ3) is 5.02. The van der Waals surface area contributed by atoms with Crippen molar-refractivity contribution in [2.24, 2.45) is 11.8 Å². The predicted octanol–water partition coefficient (Wildman–Crippen LogP) is 3.31. The lowest BCUT2D eigenvalue weighted by molar-refractivity contribution is -0.128. The molecule has 0 aromatic heterocycles. The second kappa shape index (κ2) is 8.79. The summed E-state index contributed by atoms with van der Waals surface area (Å²) >= 11 is 0. The van der Waals surface area contributed by atoms with Gasteiger partial charge in [0, 0.05) is 5.92 Å². The SMILES string of the molecule is CCCC(C(=O)NC(C)C(O)c1ccc(OC)cc1)C(C)C. The standard InChI is InChI=1S/C18H29NO3/c1-6-7-16(12(2)3)18(21)19-13(4)17(20)14-8-10-15(22-5)11-9-14/h8-13,16-17,20H,6-7H2,1-5H3,(H,19,21). The number of carbonyl (C=O) groups is 1. The Bertz CT molecular complexity index is 456. The van der Waals surface area contributed by atoms with Gasteiger partial charge in [-0.1, -0.05) is 39.3 Å². The molecule has 0 fully saturated rings. The van der Waals surface area contributed by atoms with E-state index in [0.717, 1.165) is 24.2 Å². The summed E-state index contributed by atoms with van der Waals surface area (Å²) in [5.74, 6) is 1.06. The van der Waals surface area contributed by atoms with Gasteiger partial charge in [-0.15, -0.1) is 0 Å². The highest BCUT2D eigenvalue weighted by Gasteiger charge is 2.25. The molecule has 0 aliphatic rings. The van der Waals surface area contributed by atoms with Crippen LogP contribution in [0.4, 0.5) is 0 Å². The second-order valence-electron chi connectivity index (χ2n) is 6.15. The second-order valence-corrected chi connectivity index (χ2v) is 6.15. The maximum absolute atomic E-state index is 12.4. The lowest BCUT2D eigenvalue weighted by Gasteiger charge is -2.25. The highest BCUT2D eigenvalue weighted by atomic mass is 16.5. The van der Waals surface area contributed by atoms with Gasteiger partial charge in [0.05, 0.1) is 19.3 Å². The first-order valence-electron chi connectivity index (χ1n) is 8.03. The Morgan fingerprint density at radius 3 is 2.27 bits per heavy atom. The fourth-order valence-corrected chi connectivity index (χ4v) is 2.58. The molecule has 1 aromatic carbocycles. The molecule has 0 saturated carbocycles. The van der Waals surface area contributed by atoms with Crippen LogP contribution >= 0.6 is 0 Å². The summed E-state index contributed by atoms with van der Waals surface area (Å²) in [6, 6.07) is 6.91. The third-order valence-electron chi connectivity index (χ3n) is 4.04. The molecule has 0 aliphatic heterocycles. The normalized spacial score (nSPS) is 15.2. The van der Waals surface area contributed by atoms with Crippen molar-refractivity contribution in [3.63, 3.8) is 0 Å². The molecule has 3 unspecified atom stereocenters. The maximum atomic E-state index is 12.4. The van der Waals surface area contributed by atoms with Crippen molar-refractivity contribution in [3.05, 3.63) is 29.8 Å². The first-order chi connectivity index (χ1) is 10.4. The first kappa shape index (κ1) is 18.5. The molecule has 2 N–H and O–H groups in total. The van der Waals surface area contributed by atoms with E-state index in [1.54, 1.807) is 19.2 Å². The van der Waals surface area contributed by atoms with Gasteiger partial charge in [0.2, 0.25) is 5.91 Å². The molecule has 0 heterocycles. The topological polar surface area (TPSA) is 58.6 Å². The summed E-state index contributed by atoms with van der Waals surface area (Å²) in [6.07, 6.45) is 1.12. The molecule has 0 aliphatic carbocycles. The van der Waals surface area contributed by atoms with E-state index in [4.69, 9.17) is 4.74 Å².